The van der Waals surface area contributed by atoms with Gasteiger partial charge in [-0.15, -0.1) is 0 Å². The van der Waals surface area contributed by atoms with E-state index in [0.29, 0.717) is 22.1 Å². The molecular weight excluding hydrogens is 554 g/mol. The van der Waals surface area contributed by atoms with Gasteiger partial charge in [-0.1, -0.05) is 29.8 Å². The minimum absolute atomic E-state index is 0.204. The second-order valence-electron chi connectivity index (χ2n) is 9.08. The molecule has 0 saturated heterocycles. The fourth-order valence-electron chi connectivity index (χ4n) is 4.37. The number of hydrogen-bond acceptors (Lipinski definition) is 4. The molecule has 14 heteroatoms. The van der Waals surface area contributed by atoms with Gasteiger partial charge in [0.1, 0.15) is 6.04 Å². The van der Waals surface area contributed by atoms with Gasteiger partial charge in [0.15, 0.2) is 0 Å². The van der Waals surface area contributed by atoms with Crippen molar-refractivity contribution in [2.75, 3.05) is 16.8 Å². The predicted molar refractivity (Wildman–Crippen MR) is 132 cm³/mol. The normalized spacial score (nSPS) is 17.5. The second-order valence-corrected chi connectivity index (χ2v) is 9.52. The van der Waals surface area contributed by atoms with Crippen molar-refractivity contribution in [2.45, 2.75) is 44.1 Å². The monoisotopic (exact) mass is 578 g/mol. The van der Waals surface area contributed by atoms with Gasteiger partial charge in [-0.05, 0) is 43.2 Å². The van der Waals surface area contributed by atoms with E-state index >= 15 is 0 Å². The summed E-state index contributed by atoms with van der Waals surface area (Å²) >= 11 is 6.13. The zero-order valence-electron chi connectivity index (χ0n) is 20.3. The number of nitrogens with two attached hydrogens (primary N) is 1. The van der Waals surface area contributed by atoms with Crippen LogP contribution in [0, 0.1) is 11.8 Å². The smallest absolute Gasteiger partial charge is 0.369 e. The summed E-state index contributed by atoms with van der Waals surface area (Å²) in [6.07, 6.45) is -14.5. The molecule has 3 amide bonds. The molecule has 0 unspecified atom stereocenters. The van der Waals surface area contributed by atoms with Gasteiger partial charge >= 0.3 is 12.4 Å². The van der Waals surface area contributed by atoms with Crippen molar-refractivity contribution in [1.29, 1.82) is 0 Å². The summed E-state index contributed by atoms with van der Waals surface area (Å²) in [5.74, 6) is -6.96. The zero-order chi connectivity index (χ0) is 29.0. The first-order chi connectivity index (χ1) is 18.1. The van der Waals surface area contributed by atoms with Crippen molar-refractivity contribution in [2.24, 2.45) is 17.6 Å². The standard InChI is InChI=1S/C25H25ClF6N4O3/c26-14-4-3-5-15(12-14)36-13-19(23(39)34-18-6-1-2-7-20(18)36)35-22(38)17(9-11-25(30,31)32)16(21(33)37)8-10-24(27,28)29/h1-7,12,16-17,19H,8-11,13H2,(H2,33,37)(H,34,39)(H,35,38)/t16-,17+,19-/m0/s1. The number of nitrogens with one attached hydrogen (secondary N) is 2. The summed E-state index contributed by atoms with van der Waals surface area (Å²) in [6.45, 7) is -0.204. The van der Waals surface area contributed by atoms with Crippen LogP contribution < -0.4 is 21.3 Å². The minimum Gasteiger partial charge on any atom is -0.369 e. The van der Waals surface area contributed by atoms with Crippen LogP contribution in [0.3, 0.4) is 0 Å². The first-order valence-electron chi connectivity index (χ1n) is 11.8. The van der Waals surface area contributed by atoms with Crippen molar-refractivity contribution in [1.82, 2.24) is 5.32 Å². The van der Waals surface area contributed by atoms with E-state index in [1.807, 2.05) is 0 Å². The molecule has 0 fully saturated rings. The van der Waals surface area contributed by atoms with E-state index in [4.69, 9.17) is 17.3 Å². The molecule has 3 rings (SSSR count). The molecule has 39 heavy (non-hydrogen) atoms. The molecule has 7 nitrogen and oxygen atoms in total. The van der Waals surface area contributed by atoms with Gasteiger partial charge in [-0.2, -0.15) is 26.3 Å². The van der Waals surface area contributed by atoms with Gasteiger partial charge in [-0.3, -0.25) is 14.4 Å². The number of para-hydroxylation sites is 2. The number of carbonyl (C=O) groups excluding carboxylic acids is 3. The zero-order valence-corrected chi connectivity index (χ0v) is 21.0. The molecule has 0 saturated carbocycles. The Morgan fingerprint density at radius 1 is 1.00 bits per heavy atom. The molecule has 0 bridgehead atoms. The molecule has 0 aliphatic carbocycles. The van der Waals surface area contributed by atoms with Gasteiger partial charge < -0.3 is 21.3 Å². The summed E-state index contributed by atoms with van der Waals surface area (Å²) < 4.78 is 77.6. The Bertz CT molecular complexity index is 1210. The van der Waals surface area contributed by atoms with E-state index in [0.717, 1.165) is 0 Å². The third-order valence-electron chi connectivity index (χ3n) is 6.24. The number of alkyl halides is 6. The SMILES string of the molecule is NC(=O)[C@@H](CCC(F)(F)F)[C@@H](CCC(F)(F)F)C(=O)N[C@H]1CN(c2cccc(Cl)c2)c2ccccc2NC1=O. The Morgan fingerprint density at radius 2 is 1.62 bits per heavy atom. The van der Waals surface area contributed by atoms with Crippen molar-refractivity contribution in [3.63, 3.8) is 0 Å². The number of nitrogens with zero attached hydrogens (tertiary/aromatic N) is 1. The molecular formula is C25H25ClF6N4O3. The van der Waals surface area contributed by atoms with E-state index in [2.05, 4.69) is 10.6 Å². The average molecular weight is 579 g/mol. The van der Waals surface area contributed by atoms with Crippen LogP contribution in [0.4, 0.5) is 43.4 Å². The second kappa shape index (κ2) is 12.1. The lowest BCUT2D eigenvalue weighted by Gasteiger charge is -2.29. The molecule has 1 aliphatic heterocycles. The average Bonchev–Trinajstić information content (AvgIpc) is 2.95. The topological polar surface area (TPSA) is 105 Å². The van der Waals surface area contributed by atoms with Gasteiger partial charge in [-0.25, -0.2) is 0 Å². The number of halogens is 7. The Morgan fingerprint density at radius 3 is 2.21 bits per heavy atom. The molecule has 0 spiro atoms. The highest BCUT2D eigenvalue weighted by Crippen LogP contribution is 2.36. The van der Waals surface area contributed by atoms with Gasteiger partial charge in [0.25, 0.3) is 0 Å². The first-order valence-corrected chi connectivity index (χ1v) is 12.2. The maximum atomic E-state index is 13.2. The number of primary amides is 1. The number of hydrogen-bond donors (Lipinski definition) is 3. The van der Waals surface area contributed by atoms with Gasteiger partial charge in [0.05, 0.1) is 17.9 Å². The van der Waals surface area contributed by atoms with Crippen LogP contribution in [0.2, 0.25) is 5.02 Å². The third-order valence-corrected chi connectivity index (χ3v) is 6.47. The maximum absolute atomic E-state index is 13.2. The number of anilines is 3. The van der Waals surface area contributed by atoms with Crippen LogP contribution in [0.1, 0.15) is 25.7 Å². The molecule has 212 valence electrons. The lowest BCUT2D eigenvalue weighted by atomic mass is 9.83. The summed E-state index contributed by atoms with van der Waals surface area (Å²) in [5.41, 5.74) is 6.65. The third kappa shape index (κ3) is 8.50. The lowest BCUT2D eigenvalue weighted by Crippen LogP contribution is -2.52. The fraction of sp³-hybridized carbons (Fsp3) is 0.400. The van der Waals surface area contributed by atoms with Crippen molar-refractivity contribution >= 4 is 46.4 Å². The van der Waals surface area contributed by atoms with Crippen LogP contribution in [-0.2, 0) is 14.4 Å². The van der Waals surface area contributed by atoms with Gasteiger partial charge in [0.2, 0.25) is 17.7 Å². The summed E-state index contributed by atoms with van der Waals surface area (Å²) in [6, 6.07) is 11.8. The van der Waals surface area contributed by atoms with E-state index < -0.39 is 73.6 Å². The van der Waals surface area contributed by atoms with Crippen LogP contribution >= 0.6 is 11.6 Å². The fourth-order valence-corrected chi connectivity index (χ4v) is 4.56. The van der Waals surface area contributed by atoms with E-state index in [1.165, 1.54) is 0 Å². The number of fused-ring (bicyclic) bond motifs is 1. The summed E-state index contributed by atoms with van der Waals surface area (Å²) in [7, 11) is 0. The van der Waals surface area contributed by atoms with Crippen LogP contribution in [-0.4, -0.2) is 42.7 Å². The molecule has 2 aromatic rings. The van der Waals surface area contributed by atoms with Crippen LogP contribution in [0.15, 0.2) is 48.5 Å². The largest absolute Gasteiger partial charge is 0.389 e. The molecule has 3 atom stereocenters. The molecule has 1 heterocycles. The predicted octanol–water partition coefficient (Wildman–Crippen LogP) is 5.32. The highest BCUT2D eigenvalue weighted by Gasteiger charge is 2.41. The minimum atomic E-state index is -4.75. The lowest BCUT2D eigenvalue weighted by molar-refractivity contribution is -0.152. The molecule has 0 radical (unpaired) electrons. The quantitative estimate of drug-likeness (QED) is 0.350. The molecule has 2 aromatic carbocycles. The van der Waals surface area contributed by atoms with Crippen LogP contribution in [0.5, 0.6) is 0 Å². The highest BCUT2D eigenvalue weighted by atomic mass is 35.5. The van der Waals surface area contributed by atoms with E-state index in [9.17, 15) is 40.7 Å². The number of rotatable bonds is 9. The van der Waals surface area contributed by atoms with Crippen molar-refractivity contribution in [3.8, 4) is 0 Å². The number of amides is 3. The molecule has 4 N–H and O–H groups in total. The van der Waals surface area contributed by atoms with Crippen molar-refractivity contribution in [3.05, 3.63) is 53.6 Å². The summed E-state index contributed by atoms with van der Waals surface area (Å²) in [4.78, 5) is 40.0. The Kier molecular flexibility index (Phi) is 9.36. The number of benzene rings is 2. The Balaban J connectivity index is 1.92. The Labute approximate surface area is 224 Å². The summed E-state index contributed by atoms with van der Waals surface area (Å²) in [5, 5.41) is 5.35. The van der Waals surface area contributed by atoms with Crippen molar-refractivity contribution < 1.29 is 40.7 Å². The number of carbonyl (C=O) groups is 3. The highest BCUT2D eigenvalue weighted by molar-refractivity contribution is 6.30. The maximum Gasteiger partial charge on any atom is 0.389 e. The van der Waals surface area contributed by atoms with Crippen LogP contribution in [0.25, 0.3) is 0 Å². The molecule has 1 aliphatic rings. The van der Waals surface area contributed by atoms with E-state index in [-0.39, 0.29) is 6.54 Å². The molecule has 0 aromatic heterocycles. The van der Waals surface area contributed by atoms with E-state index in [1.54, 1.807) is 53.4 Å². The first kappa shape index (κ1) is 30.1. The van der Waals surface area contributed by atoms with Gasteiger partial charge in [0, 0.05) is 35.4 Å². The Hall–Kier alpha value is -3.48.